The molecular formula is C26H31F3O3. The van der Waals surface area contributed by atoms with Crippen molar-refractivity contribution in [2.24, 2.45) is 5.92 Å². The standard InChI is InChI=1S/C26H31F3O3/c1-2-3-4-8-11-24(26(27,28)29)32-25(30)22-13-12-21-17-23(15-14-20(21)16-22)31-18-19-9-6-5-7-10-19/h5-7,9-10,14-15,17,22,24H,2-4,8,11-13,16,18H2,1H3/t22?,24-/m1/s1. The second kappa shape index (κ2) is 11.4. The minimum Gasteiger partial charge on any atom is -0.489 e. The van der Waals surface area contributed by atoms with Gasteiger partial charge in [-0.05, 0) is 60.9 Å². The molecule has 1 aliphatic carbocycles. The third-order valence-corrected chi connectivity index (χ3v) is 5.93. The van der Waals surface area contributed by atoms with Gasteiger partial charge in [-0.3, -0.25) is 4.79 Å². The Bertz CT molecular complexity index is 864. The predicted molar refractivity (Wildman–Crippen MR) is 117 cm³/mol. The Morgan fingerprint density at radius 3 is 2.56 bits per heavy atom. The molecule has 2 aromatic carbocycles. The van der Waals surface area contributed by atoms with Crippen LogP contribution in [0.25, 0.3) is 0 Å². The highest BCUT2D eigenvalue weighted by atomic mass is 19.4. The van der Waals surface area contributed by atoms with E-state index in [4.69, 9.17) is 9.47 Å². The van der Waals surface area contributed by atoms with Gasteiger partial charge < -0.3 is 9.47 Å². The lowest BCUT2D eigenvalue weighted by atomic mass is 9.84. The Morgan fingerprint density at radius 2 is 1.84 bits per heavy atom. The number of hydrogen-bond donors (Lipinski definition) is 0. The third kappa shape index (κ3) is 7.01. The maximum atomic E-state index is 13.3. The molecule has 174 valence electrons. The molecule has 2 atom stereocenters. The van der Waals surface area contributed by atoms with Gasteiger partial charge >= 0.3 is 12.1 Å². The van der Waals surface area contributed by atoms with Crippen molar-refractivity contribution in [3.63, 3.8) is 0 Å². The minimum atomic E-state index is -4.53. The Balaban J connectivity index is 1.55. The van der Waals surface area contributed by atoms with Gasteiger partial charge in [0, 0.05) is 0 Å². The van der Waals surface area contributed by atoms with E-state index in [1.807, 2.05) is 55.5 Å². The molecule has 1 unspecified atom stereocenters. The highest BCUT2D eigenvalue weighted by Crippen LogP contribution is 2.32. The zero-order valence-corrected chi connectivity index (χ0v) is 18.5. The van der Waals surface area contributed by atoms with Crippen molar-refractivity contribution in [2.75, 3.05) is 0 Å². The van der Waals surface area contributed by atoms with Gasteiger partial charge in [0.2, 0.25) is 0 Å². The van der Waals surface area contributed by atoms with Crippen molar-refractivity contribution < 1.29 is 27.4 Å². The lowest BCUT2D eigenvalue weighted by molar-refractivity contribution is -0.225. The molecule has 0 bridgehead atoms. The van der Waals surface area contributed by atoms with Crippen LogP contribution in [0.2, 0.25) is 0 Å². The van der Waals surface area contributed by atoms with Crippen molar-refractivity contribution in [2.45, 2.75) is 77.2 Å². The average molecular weight is 449 g/mol. The molecule has 0 radical (unpaired) electrons. The van der Waals surface area contributed by atoms with Gasteiger partial charge in [-0.15, -0.1) is 0 Å². The van der Waals surface area contributed by atoms with Crippen LogP contribution in [-0.2, 0) is 29.0 Å². The van der Waals surface area contributed by atoms with Crippen LogP contribution in [-0.4, -0.2) is 18.2 Å². The number of hydrogen-bond acceptors (Lipinski definition) is 3. The Labute approximate surface area is 187 Å². The first kappa shape index (κ1) is 24.1. The normalized spacial score (nSPS) is 16.8. The van der Waals surface area contributed by atoms with Gasteiger partial charge in [0.05, 0.1) is 5.92 Å². The van der Waals surface area contributed by atoms with Crippen LogP contribution in [0.4, 0.5) is 13.2 Å². The van der Waals surface area contributed by atoms with E-state index in [1.54, 1.807) is 0 Å². The fraction of sp³-hybridized carbons (Fsp3) is 0.500. The van der Waals surface area contributed by atoms with E-state index in [-0.39, 0.29) is 6.42 Å². The van der Waals surface area contributed by atoms with E-state index in [2.05, 4.69) is 0 Å². The Hall–Kier alpha value is -2.50. The van der Waals surface area contributed by atoms with Crippen LogP contribution >= 0.6 is 0 Å². The fourth-order valence-corrected chi connectivity index (χ4v) is 4.05. The number of ether oxygens (including phenoxy) is 2. The zero-order chi connectivity index (χ0) is 23.0. The highest BCUT2D eigenvalue weighted by Gasteiger charge is 2.43. The molecule has 0 aliphatic heterocycles. The summed E-state index contributed by atoms with van der Waals surface area (Å²) in [6.07, 6.45) is -2.27. The second-order valence-electron chi connectivity index (χ2n) is 8.46. The number of carbonyl (C=O) groups excluding carboxylic acids is 1. The topological polar surface area (TPSA) is 35.5 Å². The molecule has 0 aromatic heterocycles. The van der Waals surface area contributed by atoms with E-state index in [0.29, 0.717) is 38.7 Å². The van der Waals surface area contributed by atoms with Crippen LogP contribution in [0.3, 0.4) is 0 Å². The predicted octanol–water partition coefficient (Wildman–Crippen LogP) is 6.82. The minimum absolute atomic E-state index is 0.166. The molecule has 6 heteroatoms. The molecule has 0 heterocycles. The number of carbonyl (C=O) groups is 1. The molecule has 0 saturated heterocycles. The Morgan fingerprint density at radius 1 is 1.06 bits per heavy atom. The molecule has 0 saturated carbocycles. The lowest BCUT2D eigenvalue weighted by Crippen LogP contribution is -2.37. The molecule has 2 aromatic rings. The van der Waals surface area contributed by atoms with Gasteiger partial charge in [-0.2, -0.15) is 13.2 Å². The van der Waals surface area contributed by atoms with Gasteiger partial charge in [-0.1, -0.05) is 62.6 Å². The first-order valence-corrected chi connectivity index (χ1v) is 11.4. The summed E-state index contributed by atoms with van der Waals surface area (Å²) in [4.78, 5) is 12.5. The smallest absolute Gasteiger partial charge is 0.425 e. The van der Waals surface area contributed by atoms with Gasteiger partial charge in [0.1, 0.15) is 12.4 Å². The molecule has 0 amide bonds. The van der Waals surface area contributed by atoms with Crippen LogP contribution in [0.15, 0.2) is 48.5 Å². The van der Waals surface area contributed by atoms with Crippen molar-refractivity contribution in [1.29, 1.82) is 0 Å². The molecule has 0 N–H and O–H groups in total. The summed E-state index contributed by atoms with van der Waals surface area (Å²) in [6.45, 7) is 2.46. The summed E-state index contributed by atoms with van der Waals surface area (Å²) in [5, 5.41) is 0. The average Bonchev–Trinajstić information content (AvgIpc) is 2.79. The van der Waals surface area contributed by atoms with Crippen molar-refractivity contribution in [1.82, 2.24) is 0 Å². The van der Waals surface area contributed by atoms with E-state index < -0.39 is 24.2 Å². The summed E-state index contributed by atoms with van der Waals surface area (Å²) in [5.74, 6) is -0.533. The fourth-order valence-electron chi connectivity index (χ4n) is 4.05. The van der Waals surface area contributed by atoms with Crippen molar-refractivity contribution >= 4 is 5.97 Å². The van der Waals surface area contributed by atoms with E-state index in [9.17, 15) is 18.0 Å². The first-order valence-electron chi connectivity index (χ1n) is 11.4. The molecule has 1 aliphatic rings. The quantitative estimate of drug-likeness (QED) is 0.296. The number of rotatable bonds is 10. The van der Waals surface area contributed by atoms with Crippen molar-refractivity contribution in [3.8, 4) is 5.75 Å². The SMILES string of the molecule is CCCCCC[C@@H](OC(=O)C1CCc2cc(OCc3ccccc3)ccc2C1)C(F)(F)F. The molecule has 3 nitrogen and oxygen atoms in total. The number of esters is 1. The number of benzene rings is 2. The second-order valence-corrected chi connectivity index (χ2v) is 8.46. The first-order chi connectivity index (χ1) is 15.4. The van der Waals surface area contributed by atoms with Crippen LogP contribution in [0.5, 0.6) is 5.75 Å². The molecule has 0 fully saturated rings. The van der Waals surface area contributed by atoms with Gasteiger partial charge in [0.15, 0.2) is 6.10 Å². The summed E-state index contributed by atoms with van der Waals surface area (Å²) in [6, 6.07) is 15.6. The number of halogens is 3. The van der Waals surface area contributed by atoms with E-state index >= 15 is 0 Å². The lowest BCUT2D eigenvalue weighted by Gasteiger charge is -2.27. The highest BCUT2D eigenvalue weighted by molar-refractivity contribution is 5.73. The number of fused-ring (bicyclic) bond motifs is 1. The summed E-state index contributed by atoms with van der Waals surface area (Å²) in [7, 11) is 0. The van der Waals surface area contributed by atoms with Crippen LogP contribution in [0.1, 0.15) is 62.1 Å². The zero-order valence-electron chi connectivity index (χ0n) is 18.5. The largest absolute Gasteiger partial charge is 0.489 e. The summed E-state index contributed by atoms with van der Waals surface area (Å²) < 4.78 is 50.9. The summed E-state index contributed by atoms with van der Waals surface area (Å²) in [5.41, 5.74) is 3.12. The van der Waals surface area contributed by atoms with E-state index in [0.717, 1.165) is 35.3 Å². The van der Waals surface area contributed by atoms with Gasteiger partial charge in [-0.25, -0.2) is 0 Å². The third-order valence-electron chi connectivity index (χ3n) is 5.93. The number of alkyl halides is 3. The molecule has 3 rings (SSSR count). The number of unbranched alkanes of at least 4 members (excludes halogenated alkanes) is 3. The molecule has 0 spiro atoms. The Kier molecular flexibility index (Phi) is 8.60. The molecular weight excluding hydrogens is 417 g/mol. The summed E-state index contributed by atoms with van der Waals surface area (Å²) >= 11 is 0. The maximum absolute atomic E-state index is 13.3. The van der Waals surface area contributed by atoms with E-state index in [1.165, 1.54) is 0 Å². The monoisotopic (exact) mass is 448 g/mol. The van der Waals surface area contributed by atoms with Gasteiger partial charge in [0.25, 0.3) is 0 Å². The molecule has 32 heavy (non-hydrogen) atoms. The van der Waals surface area contributed by atoms with Crippen LogP contribution in [0, 0.1) is 5.92 Å². The van der Waals surface area contributed by atoms with Crippen LogP contribution < -0.4 is 4.74 Å². The number of aryl methyl sites for hydroxylation is 1. The maximum Gasteiger partial charge on any atom is 0.425 e. The van der Waals surface area contributed by atoms with Crippen molar-refractivity contribution in [3.05, 3.63) is 65.2 Å².